The van der Waals surface area contributed by atoms with E-state index in [2.05, 4.69) is 15.4 Å². The number of alkyl halides is 3. The molecule has 0 bridgehead atoms. The molecule has 2 N–H and O–H groups in total. The second kappa shape index (κ2) is 7.74. The Morgan fingerprint density at radius 1 is 1.30 bits per heavy atom. The molecule has 1 aromatic carbocycles. The van der Waals surface area contributed by atoms with Gasteiger partial charge in [0.2, 0.25) is 5.91 Å². The molecule has 0 radical (unpaired) electrons. The predicted molar refractivity (Wildman–Crippen MR) is 68.1 cm³/mol. The zero-order chi connectivity index (χ0) is 15.0. The third-order valence-electron chi connectivity index (χ3n) is 2.39. The van der Waals surface area contributed by atoms with Gasteiger partial charge in [0.25, 0.3) is 0 Å². The number of nitrogens with one attached hydrogen (secondary N) is 2. The van der Waals surface area contributed by atoms with E-state index in [-0.39, 0.29) is 30.3 Å². The second-order valence-electron chi connectivity index (χ2n) is 4.11. The summed E-state index contributed by atoms with van der Waals surface area (Å²) < 4.78 is 40.5. The van der Waals surface area contributed by atoms with Gasteiger partial charge < -0.3 is 15.4 Å². The minimum Gasteiger partial charge on any atom is -0.405 e. The molecule has 4 nitrogen and oxygen atoms in total. The molecule has 0 aliphatic carbocycles. The van der Waals surface area contributed by atoms with Crippen molar-refractivity contribution >= 4 is 5.91 Å². The van der Waals surface area contributed by atoms with Crippen molar-refractivity contribution in [2.45, 2.75) is 26.3 Å². The Labute approximate surface area is 115 Å². The first-order valence-electron chi connectivity index (χ1n) is 6.23. The van der Waals surface area contributed by atoms with Crippen LogP contribution in [-0.2, 0) is 11.3 Å². The molecular weight excluding hydrogens is 273 g/mol. The average Bonchev–Trinajstić information content (AvgIpc) is 2.36. The van der Waals surface area contributed by atoms with Crippen LogP contribution in [-0.4, -0.2) is 25.4 Å². The molecule has 0 saturated carbocycles. The molecule has 0 fully saturated rings. The first-order chi connectivity index (χ1) is 9.42. The van der Waals surface area contributed by atoms with Gasteiger partial charge in [-0.15, -0.1) is 13.2 Å². The van der Waals surface area contributed by atoms with Crippen molar-refractivity contribution in [1.29, 1.82) is 0 Å². The topological polar surface area (TPSA) is 50.4 Å². The minimum atomic E-state index is -4.75. The third-order valence-corrected chi connectivity index (χ3v) is 2.39. The SMILES string of the molecule is CCCNCC(=O)NCc1ccccc1OC(F)(F)F. The molecule has 0 atom stereocenters. The Hall–Kier alpha value is -1.76. The van der Waals surface area contributed by atoms with Gasteiger partial charge in [-0.2, -0.15) is 0 Å². The number of benzene rings is 1. The monoisotopic (exact) mass is 290 g/mol. The van der Waals surface area contributed by atoms with Crippen LogP contribution in [0.15, 0.2) is 24.3 Å². The largest absolute Gasteiger partial charge is 0.573 e. The van der Waals surface area contributed by atoms with E-state index in [1.807, 2.05) is 6.92 Å². The standard InChI is InChI=1S/C13H17F3N2O2/c1-2-7-17-9-12(19)18-8-10-5-3-4-6-11(10)20-13(14,15)16/h3-6,17H,2,7-9H2,1H3,(H,18,19). The van der Waals surface area contributed by atoms with Crippen molar-refractivity contribution < 1.29 is 22.7 Å². The summed E-state index contributed by atoms with van der Waals surface area (Å²) in [5.74, 6) is -0.581. The summed E-state index contributed by atoms with van der Waals surface area (Å²) in [5, 5.41) is 5.44. The van der Waals surface area contributed by atoms with E-state index in [0.717, 1.165) is 6.42 Å². The van der Waals surface area contributed by atoms with Gasteiger partial charge in [-0.05, 0) is 19.0 Å². The van der Waals surface area contributed by atoms with Crippen molar-refractivity contribution in [2.75, 3.05) is 13.1 Å². The lowest BCUT2D eigenvalue weighted by Crippen LogP contribution is -2.34. The van der Waals surface area contributed by atoms with Crippen LogP contribution in [0.1, 0.15) is 18.9 Å². The summed E-state index contributed by atoms with van der Waals surface area (Å²) in [7, 11) is 0. The number of para-hydroxylation sites is 1. The van der Waals surface area contributed by atoms with Gasteiger partial charge in [0, 0.05) is 12.1 Å². The quantitative estimate of drug-likeness (QED) is 0.757. The fourth-order valence-corrected chi connectivity index (χ4v) is 1.51. The fourth-order valence-electron chi connectivity index (χ4n) is 1.51. The number of halogens is 3. The number of hydrogen-bond donors (Lipinski definition) is 2. The molecule has 1 amide bonds. The van der Waals surface area contributed by atoms with E-state index in [1.54, 1.807) is 6.07 Å². The number of hydrogen-bond acceptors (Lipinski definition) is 3. The number of carbonyl (C=O) groups is 1. The van der Waals surface area contributed by atoms with Crippen molar-refractivity contribution in [1.82, 2.24) is 10.6 Å². The highest BCUT2D eigenvalue weighted by Crippen LogP contribution is 2.25. The zero-order valence-corrected chi connectivity index (χ0v) is 11.1. The van der Waals surface area contributed by atoms with Crippen molar-refractivity contribution in [3.8, 4) is 5.75 Å². The molecule has 0 heterocycles. The summed E-state index contributed by atoms with van der Waals surface area (Å²) in [4.78, 5) is 11.5. The summed E-state index contributed by atoms with van der Waals surface area (Å²) in [6, 6.07) is 5.71. The van der Waals surface area contributed by atoms with Gasteiger partial charge in [0.1, 0.15) is 5.75 Å². The Morgan fingerprint density at radius 2 is 2.00 bits per heavy atom. The lowest BCUT2D eigenvalue weighted by Gasteiger charge is -2.13. The van der Waals surface area contributed by atoms with Crippen molar-refractivity contribution in [2.24, 2.45) is 0 Å². The van der Waals surface area contributed by atoms with Crippen LogP contribution in [0.4, 0.5) is 13.2 Å². The maximum Gasteiger partial charge on any atom is 0.573 e. The average molecular weight is 290 g/mol. The molecule has 0 aromatic heterocycles. The Bertz CT molecular complexity index is 436. The van der Waals surface area contributed by atoms with Crippen LogP contribution >= 0.6 is 0 Å². The van der Waals surface area contributed by atoms with E-state index in [9.17, 15) is 18.0 Å². The van der Waals surface area contributed by atoms with Crippen LogP contribution in [0.3, 0.4) is 0 Å². The minimum absolute atomic E-state index is 0.0150. The summed E-state index contributed by atoms with van der Waals surface area (Å²) in [5.41, 5.74) is 0.272. The summed E-state index contributed by atoms with van der Waals surface area (Å²) in [6.45, 7) is 2.80. The zero-order valence-electron chi connectivity index (χ0n) is 11.1. The number of amides is 1. The maximum absolute atomic E-state index is 12.2. The molecule has 0 spiro atoms. The van der Waals surface area contributed by atoms with Gasteiger partial charge in [0.15, 0.2) is 0 Å². The molecule has 7 heteroatoms. The van der Waals surface area contributed by atoms with Crippen LogP contribution in [0.2, 0.25) is 0 Å². The molecule has 0 aliphatic rings. The first-order valence-corrected chi connectivity index (χ1v) is 6.23. The molecule has 0 saturated heterocycles. The normalized spacial score (nSPS) is 11.2. The van der Waals surface area contributed by atoms with Crippen molar-refractivity contribution in [3.05, 3.63) is 29.8 Å². The highest BCUT2D eigenvalue weighted by atomic mass is 19.4. The Morgan fingerprint density at radius 3 is 2.65 bits per heavy atom. The van der Waals surface area contributed by atoms with Gasteiger partial charge in [-0.3, -0.25) is 4.79 Å². The second-order valence-corrected chi connectivity index (χ2v) is 4.11. The van der Waals surface area contributed by atoms with E-state index in [0.29, 0.717) is 6.54 Å². The summed E-state index contributed by atoms with van der Waals surface area (Å²) in [6.07, 6.45) is -3.85. The van der Waals surface area contributed by atoms with Crippen LogP contribution < -0.4 is 15.4 Å². The first kappa shape index (κ1) is 16.3. The smallest absolute Gasteiger partial charge is 0.405 e. The molecule has 1 rings (SSSR count). The van der Waals surface area contributed by atoms with E-state index < -0.39 is 6.36 Å². The molecule has 20 heavy (non-hydrogen) atoms. The Balaban J connectivity index is 2.53. The van der Waals surface area contributed by atoms with Gasteiger partial charge in [-0.1, -0.05) is 25.1 Å². The number of carbonyl (C=O) groups excluding carboxylic acids is 1. The lowest BCUT2D eigenvalue weighted by molar-refractivity contribution is -0.274. The molecular formula is C13H17F3N2O2. The highest BCUT2D eigenvalue weighted by Gasteiger charge is 2.31. The summed E-state index contributed by atoms with van der Waals surface area (Å²) >= 11 is 0. The molecule has 112 valence electrons. The van der Waals surface area contributed by atoms with Crippen LogP contribution in [0, 0.1) is 0 Å². The van der Waals surface area contributed by atoms with Gasteiger partial charge >= 0.3 is 6.36 Å². The molecule has 0 aliphatic heterocycles. The third kappa shape index (κ3) is 6.42. The van der Waals surface area contributed by atoms with Crippen LogP contribution in [0.5, 0.6) is 5.75 Å². The van der Waals surface area contributed by atoms with Gasteiger partial charge in [0.05, 0.1) is 6.54 Å². The predicted octanol–water partition coefficient (Wildman–Crippen LogP) is 2.20. The van der Waals surface area contributed by atoms with E-state index in [1.165, 1.54) is 18.2 Å². The maximum atomic E-state index is 12.2. The van der Waals surface area contributed by atoms with Crippen LogP contribution in [0.25, 0.3) is 0 Å². The molecule has 0 unspecified atom stereocenters. The highest BCUT2D eigenvalue weighted by molar-refractivity contribution is 5.78. The van der Waals surface area contributed by atoms with E-state index in [4.69, 9.17) is 0 Å². The fraction of sp³-hybridized carbons (Fsp3) is 0.462. The number of ether oxygens (including phenoxy) is 1. The van der Waals surface area contributed by atoms with E-state index >= 15 is 0 Å². The Kier molecular flexibility index (Phi) is 6.30. The molecule has 1 aromatic rings. The van der Waals surface area contributed by atoms with Gasteiger partial charge in [-0.25, -0.2) is 0 Å². The number of rotatable bonds is 7. The lowest BCUT2D eigenvalue weighted by atomic mass is 10.2. The van der Waals surface area contributed by atoms with Crippen molar-refractivity contribution in [3.63, 3.8) is 0 Å².